The van der Waals surface area contributed by atoms with Crippen LogP contribution in [0.5, 0.6) is 0 Å². The molecule has 0 aliphatic carbocycles. The first kappa shape index (κ1) is 13.0. The second-order valence-electron chi connectivity index (χ2n) is 3.60. The van der Waals surface area contributed by atoms with Crippen LogP contribution < -0.4 is 16.6 Å². The van der Waals surface area contributed by atoms with Gasteiger partial charge in [-0.25, -0.2) is 4.98 Å². The van der Waals surface area contributed by atoms with E-state index in [4.69, 9.17) is 5.84 Å². The summed E-state index contributed by atoms with van der Waals surface area (Å²) in [5.74, 6) is 5.15. The van der Waals surface area contributed by atoms with Gasteiger partial charge in [0.15, 0.2) is 5.13 Å². The minimum Gasteiger partial charge on any atom is -0.324 e. The second-order valence-corrected chi connectivity index (χ2v) is 6.01. The number of carbonyl (C=O) groups is 1. The topological polar surface area (TPSA) is 80.0 Å². The molecule has 4 N–H and O–H groups in total. The molecule has 1 aromatic heterocycles. The minimum absolute atomic E-state index is 0.191. The number of rotatable bonds is 3. The van der Waals surface area contributed by atoms with Gasteiger partial charge < -0.3 is 5.43 Å². The van der Waals surface area contributed by atoms with E-state index in [0.717, 1.165) is 15.0 Å². The Hall–Kier alpha value is -1.44. The third-order valence-electron chi connectivity index (χ3n) is 2.34. The van der Waals surface area contributed by atoms with E-state index in [1.165, 1.54) is 11.3 Å². The first-order valence-electron chi connectivity index (χ1n) is 5.10. The maximum atomic E-state index is 12.0. The molecule has 0 saturated heterocycles. The van der Waals surface area contributed by atoms with Gasteiger partial charge in [0.2, 0.25) is 0 Å². The molecule has 5 nitrogen and oxygen atoms in total. The summed E-state index contributed by atoms with van der Waals surface area (Å²) in [4.78, 5) is 16.0. The summed E-state index contributed by atoms with van der Waals surface area (Å²) in [6.45, 7) is 1.88. The maximum absolute atomic E-state index is 12.0. The van der Waals surface area contributed by atoms with Gasteiger partial charge in [-0.1, -0.05) is 11.3 Å². The van der Waals surface area contributed by atoms with E-state index in [1.54, 1.807) is 24.4 Å². The smallest absolute Gasteiger partial charge is 0.257 e. The van der Waals surface area contributed by atoms with Crippen molar-refractivity contribution in [2.45, 2.75) is 6.92 Å². The van der Waals surface area contributed by atoms with Gasteiger partial charge in [0.25, 0.3) is 5.91 Å². The average molecular weight is 327 g/mol. The van der Waals surface area contributed by atoms with Crippen LogP contribution in [-0.4, -0.2) is 10.9 Å². The average Bonchev–Trinajstić information content (AvgIpc) is 2.74. The Bertz CT molecular complexity index is 584. The first-order valence-corrected chi connectivity index (χ1v) is 6.71. The van der Waals surface area contributed by atoms with Gasteiger partial charge in [0.1, 0.15) is 0 Å². The fourth-order valence-corrected chi connectivity index (χ4v) is 2.55. The predicted molar refractivity (Wildman–Crippen MR) is 76.8 cm³/mol. The number of hydrogen-bond acceptors (Lipinski definition) is 5. The lowest BCUT2D eigenvalue weighted by atomic mass is 10.1. The molecule has 1 amide bonds. The molecule has 1 aromatic carbocycles. The highest BCUT2D eigenvalue weighted by atomic mass is 79.9. The molecule has 0 fully saturated rings. The van der Waals surface area contributed by atoms with Gasteiger partial charge in [-0.2, -0.15) is 0 Å². The van der Waals surface area contributed by atoms with Crippen LogP contribution in [-0.2, 0) is 0 Å². The predicted octanol–water partition coefficient (Wildman–Crippen LogP) is 2.75. The number of halogens is 1. The van der Waals surface area contributed by atoms with Crippen molar-refractivity contribution in [3.8, 4) is 0 Å². The first-order chi connectivity index (χ1) is 8.60. The molecule has 0 unspecified atom stereocenters. The summed E-state index contributed by atoms with van der Waals surface area (Å²) in [5, 5.41) is 3.29. The fraction of sp³-hybridized carbons (Fsp3) is 0.0909. The highest BCUT2D eigenvalue weighted by Crippen LogP contribution is 2.24. The van der Waals surface area contributed by atoms with E-state index < -0.39 is 0 Å². The SMILES string of the molecule is Cc1cc(C(=O)Nc2ncc(Br)s2)ccc1NN. The van der Waals surface area contributed by atoms with Gasteiger partial charge in [0.05, 0.1) is 15.7 Å². The molecular formula is C11H11BrN4OS. The number of anilines is 2. The van der Waals surface area contributed by atoms with Crippen molar-refractivity contribution in [2.24, 2.45) is 5.84 Å². The molecule has 0 radical (unpaired) electrons. The molecule has 7 heteroatoms. The van der Waals surface area contributed by atoms with Crippen LogP contribution in [0.25, 0.3) is 0 Å². The quantitative estimate of drug-likeness (QED) is 0.598. The number of thiazole rings is 1. The minimum atomic E-state index is -0.191. The molecule has 0 saturated carbocycles. The molecule has 0 spiro atoms. The number of benzene rings is 1. The maximum Gasteiger partial charge on any atom is 0.257 e. The number of aromatic nitrogens is 1. The third-order valence-corrected chi connectivity index (χ3v) is 3.73. The number of nitrogens with one attached hydrogen (secondary N) is 2. The lowest BCUT2D eigenvalue weighted by molar-refractivity contribution is 0.102. The molecular weight excluding hydrogens is 316 g/mol. The Morgan fingerprint density at radius 2 is 2.28 bits per heavy atom. The van der Waals surface area contributed by atoms with E-state index >= 15 is 0 Å². The molecule has 1 heterocycles. The lowest BCUT2D eigenvalue weighted by Crippen LogP contribution is -2.13. The van der Waals surface area contributed by atoms with Crippen molar-refractivity contribution >= 4 is 44.0 Å². The number of carbonyl (C=O) groups excluding carboxylic acids is 1. The Balaban J connectivity index is 2.16. The summed E-state index contributed by atoms with van der Waals surface area (Å²) in [7, 11) is 0. The molecule has 0 atom stereocenters. The Kier molecular flexibility index (Phi) is 3.95. The van der Waals surface area contributed by atoms with E-state index in [2.05, 4.69) is 31.7 Å². The summed E-state index contributed by atoms with van der Waals surface area (Å²) in [6.07, 6.45) is 1.65. The normalized spacial score (nSPS) is 10.2. The summed E-state index contributed by atoms with van der Waals surface area (Å²) in [6, 6.07) is 5.25. The van der Waals surface area contributed by atoms with Crippen molar-refractivity contribution in [3.05, 3.63) is 39.3 Å². The van der Waals surface area contributed by atoms with Gasteiger partial charge in [-0.15, -0.1) is 0 Å². The number of hydrazine groups is 1. The van der Waals surface area contributed by atoms with Crippen molar-refractivity contribution in [1.29, 1.82) is 0 Å². The van der Waals surface area contributed by atoms with Crippen LogP contribution in [0.4, 0.5) is 10.8 Å². The van der Waals surface area contributed by atoms with E-state index in [0.29, 0.717) is 10.7 Å². The lowest BCUT2D eigenvalue weighted by Gasteiger charge is -2.07. The number of nitrogens with two attached hydrogens (primary N) is 1. The van der Waals surface area contributed by atoms with E-state index in [9.17, 15) is 4.79 Å². The number of nitrogen functional groups attached to an aromatic ring is 1. The number of aryl methyl sites for hydroxylation is 1. The molecule has 0 bridgehead atoms. The monoisotopic (exact) mass is 326 g/mol. The van der Waals surface area contributed by atoms with Gasteiger partial charge >= 0.3 is 0 Å². The standard InChI is InChI=1S/C11H11BrN4OS/c1-6-4-7(2-3-8(6)16-13)10(17)15-11-14-5-9(12)18-11/h2-5,16H,13H2,1H3,(H,14,15,17). The number of amides is 1. The Morgan fingerprint density at radius 3 is 2.83 bits per heavy atom. The molecule has 0 aliphatic heterocycles. The van der Waals surface area contributed by atoms with Crippen LogP contribution >= 0.6 is 27.3 Å². The zero-order chi connectivity index (χ0) is 13.1. The van der Waals surface area contributed by atoms with Crippen molar-refractivity contribution < 1.29 is 4.79 Å². The number of hydrogen-bond donors (Lipinski definition) is 3. The van der Waals surface area contributed by atoms with Gasteiger partial charge in [-0.05, 0) is 46.6 Å². The third kappa shape index (κ3) is 2.87. The highest BCUT2D eigenvalue weighted by Gasteiger charge is 2.09. The van der Waals surface area contributed by atoms with Crippen molar-refractivity contribution in [1.82, 2.24) is 4.98 Å². The molecule has 18 heavy (non-hydrogen) atoms. The molecule has 2 rings (SSSR count). The van der Waals surface area contributed by atoms with E-state index in [1.807, 2.05) is 6.92 Å². The van der Waals surface area contributed by atoms with Gasteiger partial charge in [0, 0.05) is 5.56 Å². The summed E-state index contributed by atoms with van der Waals surface area (Å²) < 4.78 is 0.872. The molecule has 2 aromatic rings. The van der Waals surface area contributed by atoms with Crippen LogP contribution in [0.1, 0.15) is 15.9 Å². The number of nitrogens with zero attached hydrogens (tertiary/aromatic N) is 1. The zero-order valence-electron chi connectivity index (χ0n) is 9.53. The summed E-state index contributed by atoms with van der Waals surface area (Å²) >= 11 is 4.66. The van der Waals surface area contributed by atoms with Crippen LogP contribution in [0.3, 0.4) is 0 Å². The van der Waals surface area contributed by atoms with Crippen LogP contribution in [0, 0.1) is 6.92 Å². The Labute approximate surface area is 117 Å². The van der Waals surface area contributed by atoms with E-state index in [-0.39, 0.29) is 5.91 Å². The molecule has 94 valence electrons. The fourth-order valence-electron chi connectivity index (χ4n) is 1.45. The van der Waals surface area contributed by atoms with Crippen LogP contribution in [0.2, 0.25) is 0 Å². The van der Waals surface area contributed by atoms with Crippen molar-refractivity contribution in [2.75, 3.05) is 10.7 Å². The second kappa shape index (κ2) is 5.47. The molecule has 0 aliphatic rings. The van der Waals surface area contributed by atoms with Crippen LogP contribution in [0.15, 0.2) is 28.2 Å². The highest BCUT2D eigenvalue weighted by molar-refractivity contribution is 9.11. The van der Waals surface area contributed by atoms with Crippen molar-refractivity contribution in [3.63, 3.8) is 0 Å². The zero-order valence-corrected chi connectivity index (χ0v) is 11.9. The largest absolute Gasteiger partial charge is 0.324 e. The summed E-state index contributed by atoms with van der Waals surface area (Å²) in [5.41, 5.74) is 4.84. The Morgan fingerprint density at radius 1 is 1.50 bits per heavy atom. The van der Waals surface area contributed by atoms with Gasteiger partial charge in [-0.3, -0.25) is 16.0 Å².